The van der Waals surface area contributed by atoms with Crippen molar-refractivity contribution >= 4 is 17.7 Å². The third-order valence-corrected chi connectivity index (χ3v) is 2.93. The van der Waals surface area contributed by atoms with Crippen LogP contribution in [0.1, 0.15) is 19.8 Å². The van der Waals surface area contributed by atoms with Gasteiger partial charge in [0.25, 0.3) is 0 Å². The van der Waals surface area contributed by atoms with Gasteiger partial charge in [-0.25, -0.2) is 0 Å². The number of thioether (sulfide) groups is 1. The number of hydrogen-bond acceptors (Lipinski definition) is 3. The van der Waals surface area contributed by atoms with Gasteiger partial charge in [0.05, 0.1) is 0 Å². The van der Waals surface area contributed by atoms with Gasteiger partial charge in [-0.1, -0.05) is 6.92 Å². The van der Waals surface area contributed by atoms with Crippen LogP contribution < -0.4 is 0 Å². The number of aromatic nitrogens is 1. The normalized spacial score (nSPS) is 12.4. The molecule has 14 heavy (non-hydrogen) atoms. The number of nitrogens with zero attached hydrogens (tertiary/aromatic N) is 1. The highest BCUT2D eigenvalue weighted by atomic mass is 32.2. The Hall–Kier alpha value is -1.03. The maximum absolute atomic E-state index is 10.3. The quantitative estimate of drug-likeness (QED) is 0.760. The second kappa shape index (κ2) is 5.65. The van der Waals surface area contributed by atoms with Crippen molar-refractivity contribution in [3.05, 3.63) is 24.5 Å². The molecule has 1 rings (SSSR count). The van der Waals surface area contributed by atoms with E-state index in [1.54, 1.807) is 24.2 Å². The van der Waals surface area contributed by atoms with Crippen molar-refractivity contribution in [1.82, 2.24) is 4.98 Å². The third-order valence-electron chi connectivity index (χ3n) is 1.75. The molecule has 0 aliphatic carbocycles. The van der Waals surface area contributed by atoms with E-state index in [0.29, 0.717) is 11.7 Å². The molecule has 0 aromatic carbocycles. The Bertz CT molecular complexity index is 289. The molecule has 1 N–H and O–H groups in total. The number of pyridine rings is 1. The molecule has 0 aliphatic heterocycles. The van der Waals surface area contributed by atoms with E-state index >= 15 is 0 Å². The van der Waals surface area contributed by atoms with Gasteiger partial charge in [0, 0.05) is 29.0 Å². The zero-order valence-corrected chi connectivity index (χ0v) is 8.83. The lowest BCUT2D eigenvalue weighted by molar-refractivity contribution is -0.137. The van der Waals surface area contributed by atoms with E-state index in [4.69, 9.17) is 5.11 Å². The van der Waals surface area contributed by atoms with Crippen molar-refractivity contribution in [2.45, 2.75) is 29.9 Å². The van der Waals surface area contributed by atoms with E-state index in [-0.39, 0.29) is 6.42 Å². The molecular formula is C10H13NO2S. The maximum atomic E-state index is 10.3. The largest absolute Gasteiger partial charge is 0.481 e. The number of aliphatic carboxylic acids is 1. The van der Waals surface area contributed by atoms with Gasteiger partial charge >= 0.3 is 5.97 Å². The van der Waals surface area contributed by atoms with Crippen molar-refractivity contribution < 1.29 is 9.90 Å². The monoisotopic (exact) mass is 211 g/mol. The summed E-state index contributed by atoms with van der Waals surface area (Å²) in [6, 6.07) is 3.86. The number of rotatable bonds is 5. The lowest BCUT2D eigenvalue weighted by Gasteiger charge is -2.08. The molecule has 0 spiro atoms. The van der Waals surface area contributed by atoms with E-state index in [1.807, 2.05) is 19.1 Å². The predicted octanol–water partition coefficient (Wildman–Crippen LogP) is 2.43. The van der Waals surface area contributed by atoms with Crippen LogP contribution in [0.25, 0.3) is 0 Å². The van der Waals surface area contributed by atoms with Crippen molar-refractivity contribution in [3.8, 4) is 0 Å². The van der Waals surface area contributed by atoms with Gasteiger partial charge in [-0.15, -0.1) is 11.8 Å². The molecule has 0 saturated carbocycles. The lowest BCUT2D eigenvalue weighted by atomic mass is 10.2. The minimum Gasteiger partial charge on any atom is -0.481 e. The summed E-state index contributed by atoms with van der Waals surface area (Å²) >= 11 is 1.68. The Morgan fingerprint density at radius 2 is 2.21 bits per heavy atom. The van der Waals surface area contributed by atoms with Gasteiger partial charge in [-0.2, -0.15) is 0 Å². The summed E-state index contributed by atoms with van der Waals surface area (Å²) in [5.74, 6) is -0.729. The van der Waals surface area contributed by atoms with Crippen LogP contribution in [0, 0.1) is 0 Å². The van der Waals surface area contributed by atoms with Crippen LogP contribution in [0.4, 0.5) is 0 Å². The summed E-state index contributed by atoms with van der Waals surface area (Å²) in [7, 11) is 0. The first kappa shape index (κ1) is 11.0. The van der Waals surface area contributed by atoms with Crippen LogP contribution in [0.2, 0.25) is 0 Å². The molecule has 3 nitrogen and oxygen atoms in total. The fourth-order valence-corrected chi connectivity index (χ4v) is 2.01. The zero-order chi connectivity index (χ0) is 10.4. The average molecular weight is 211 g/mol. The topological polar surface area (TPSA) is 50.2 Å². The summed E-state index contributed by atoms with van der Waals surface area (Å²) in [5, 5.41) is 8.84. The maximum Gasteiger partial charge on any atom is 0.303 e. The van der Waals surface area contributed by atoms with Crippen molar-refractivity contribution in [2.24, 2.45) is 0 Å². The van der Waals surface area contributed by atoms with Gasteiger partial charge in [0.15, 0.2) is 0 Å². The molecule has 1 aromatic rings. The van der Waals surface area contributed by atoms with Crippen LogP contribution in [0.3, 0.4) is 0 Å². The van der Waals surface area contributed by atoms with E-state index in [9.17, 15) is 4.79 Å². The fraction of sp³-hybridized carbons (Fsp3) is 0.400. The fourth-order valence-electron chi connectivity index (χ4n) is 1.03. The van der Waals surface area contributed by atoms with Gasteiger partial charge < -0.3 is 5.11 Å². The summed E-state index contributed by atoms with van der Waals surface area (Å²) in [6.07, 6.45) is 4.42. The van der Waals surface area contributed by atoms with Crippen LogP contribution in [0.5, 0.6) is 0 Å². The van der Waals surface area contributed by atoms with Crippen LogP contribution in [0.15, 0.2) is 29.4 Å². The second-order valence-electron chi connectivity index (χ2n) is 3.04. The zero-order valence-electron chi connectivity index (χ0n) is 8.01. The van der Waals surface area contributed by atoms with E-state index in [1.165, 1.54) is 0 Å². The number of carbonyl (C=O) groups is 1. The van der Waals surface area contributed by atoms with E-state index in [0.717, 1.165) is 4.90 Å². The summed E-state index contributed by atoms with van der Waals surface area (Å²) in [4.78, 5) is 15.4. The SMILES string of the molecule is CC(CCC(=O)O)Sc1ccncc1. The highest BCUT2D eigenvalue weighted by Crippen LogP contribution is 2.24. The molecule has 0 aliphatic rings. The molecular weight excluding hydrogens is 198 g/mol. The minimum atomic E-state index is -0.729. The Labute approximate surface area is 87.6 Å². The molecule has 1 heterocycles. The molecule has 76 valence electrons. The van der Waals surface area contributed by atoms with Crippen LogP contribution in [-0.2, 0) is 4.79 Å². The molecule has 0 saturated heterocycles. The molecule has 0 amide bonds. The van der Waals surface area contributed by atoms with E-state index in [2.05, 4.69) is 4.98 Å². The molecule has 4 heteroatoms. The Kier molecular flexibility index (Phi) is 4.46. The minimum absolute atomic E-state index is 0.235. The third kappa shape index (κ3) is 4.28. The van der Waals surface area contributed by atoms with Crippen molar-refractivity contribution in [3.63, 3.8) is 0 Å². The van der Waals surface area contributed by atoms with E-state index < -0.39 is 5.97 Å². The van der Waals surface area contributed by atoms with Crippen LogP contribution in [-0.4, -0.2) is 21.3 Å². The Balaban J connectivity index is 2.34. The first-order chi connectivity index (χ1) is 6.68. The standard InChI is InChI=1S/C10H13NO2S/c1-8(2-3-10(12)13)14-9-4-6-11-7-5-9/h4-8H,2-3H2,1H3,(H,12,13). The first-order valence-electron chi connectivity index (χ1n) is 4.47. The Morgan fingerprint density at radius 1 is 1.57 bits per heavy atom. The summed E-state index contributed by atoms with van der Waals surface area (Å²) in [6.45, 7) is 2.04. The molecule has 0 bridgehead atoms. The second-order valence-corrected chi connectivity index (χ2v) is 4.56. The van der Waals surface area contributed by atoms with Gasteiger partial charge in [0.2, 0.25) is 0 Å². The number of carboxylic acid groups (broad SMARTS) is 1. The van der Waals surface area contributed by atoms with Gasteiger partial charge in [0.1, 0.15) is 0 Å². The first-order valence-corrected chi connectivity index (χ1v) is 5.35. The predicted molar refractivity (Wildman–Crippen MR) is 56.4 cm³/mol. The number of carboxylic acids is 1. The molecule has 1 unspecified atom stereocenters. The van der Waals surface area contributed by atoms with Crippen molar-refractivity contribution in [2.75, 3.05) is 0 Å². The Morgan fingerprint density at radius 3 is 2.79 bits per heavy atom. The molecule has 0 radical (unpaired) electrons. The highest BCUT2D eigenvalue weighted by molar-refractivity contribution is 7.99. The van der Waals surface area contributed by atoms with Gasteiger partial charge in [-0.05, 0) is 18.6 Å². The van der Waals surface area contributed by atoms with Crippen LogP contribution >= 0.6 is 11.8 Å². The highest BCUT2D eigenvalue weighted by Gasteiger charge is 2.06. The summed E-state index contributed by atoms with van der Waals surface area (Å²) < 4.78 is 0. The number of hydrogen-bond donors (Lipinski definition) is 1. The molecule has 0 fully saturated rings. The van der Waals surface area contributed by atoms with Gasteiger partial charge in [-0.3, -0.25) is 9.78 Å². The lowest BCUT2D eigenvalue weighted by Crippen LogP contribution is -2.01. The average Bonchev–Trinajstić information content (AvgIpc) is 2.16. The molecule has 1 atom stereocenters. The molecule has 1 aromatic heterocycles. The van der Waals surface area contributed by atoms with Crippen molar-refractivity contribution in [1.29, 1.82) is 0 Å². The smallest absolute Gasteiger partial charge is 0.303 e. The summed E-state index contributed by atoms with van der Waals surface area (Å²) in [5.41, 5.74) is 0.